The SMILES string of the molecule is CC(C)=CCC1C(=O)C(C)(C)C(O)CC(=O)OC(C(F)=Cc2ccccn2)CC2OC2(C)CCCC(C)C1O. The molecule has 8 heteroatoms. The molecule has 1 aromatic heterocycles. The van der Waals surface area contributed by atoms with Crippen molar-refractivity contribution in [3.8, 4) is 0 Å². The molecule has 0 bridgehead atoms. The zero-order valence-electron chi connectivity index (χ0n) is 24.0. The van der Waals surface area contributed by atoms with E-state index in [1.165, 1.54) is 6.08 Å². The minimum Gasteiger partial charge on any atom is -0.455 e. The molecule has 216 valence electrons. The number of aliphatic hydroxyl groups is 2. The second-order valence-corrected chi connectivity index (χ2v) is 12.2. The summed E-state index contributed by atoms with van der Waals surface area (Å²) in [6, 6.07) is 5.10. The van der Waals surface area contributed by atoms with E-state index in [0.717, 1.165) is 12.0 Å². The highest BCUT2D eigenvalue weighted by atomic mass is 19.1. The van der Waals surface area contributed by atoms with Crippen LogP contribution in [0.1, 0.15) is 85.8 Å². The number of hydrogen-bond acceptors (Lipinski definition) is 7. The Kier molecular flexibility index (Phi) is 10.2. The van der Waals surface area contributed by atoms with Crippen LogP contribution in [0.3, 0.4) is 0 Å². The maximum absolute atomic E-state index is 15.4. The maximum atomic E-state index is 15.4. The summed E-state index contributed by atoms with van der Waals surface area (Å²) < 4.78 is 26.9. The van der Waals surface area contributed by atoms with Gasteiger partial charge >= 0.3 is 5.97 Å². The van der Waals surface area contributed by atoms with Gasteiger partial charge in [-0.25, -0.2) is 4.39 Å². The second-order valence-electron chi connectivity index (χ2n) is 12.2. The van der Waals surface area contributed by atoms with Crippen molar-refractivity contribution < 1.29 is 33.7 Å². The van der Waals surface area contributed by atoms with E-state index in [-0.39, 0.29) is 24.2 Å². The van der Waals surface area contributed by atoms with Crippen LogP contribution in [0.15, 0.2) is 41.9 Å². The van der Waals surface area contributed by atoms with E-state index in [9.17, 15) is 19.8 Å². The summed E-state index contributed by atoms with van der Waals surface area (Å²) in [5, 5.41) is 22.3. The Bertz CT molecular complexity index is 1070. The summed E-state index contributed by atoms with van der Waals surface area (Å²) in [6.07, 6.45) is 2.98. The minimum atomic E-state index is -1.38. The van der Waals surface area contributed by atoms with Gasteiger partial charge < -0.3 is 19.7 Å². The number of carbonyl (C=O) groups excluding carboxylic acids is 2. The molecule has 0 spiro atoms. The number of aliphatic hydroxyl groups excluding tert-OH is 2. The van der Waals surface area contributed by atoms with Gasteiger partial charge in [0.05, 0.1) is 41.4 Å². The molecule has 3 rings (SSSR count). The van der Waals surface area contributed by atoms with Crippen molar-refractivity contribution in [2.24, 2.45) is 17.3 Å². The molecule has 3 heterocycles. The summed E-state index contributed by atoms with van der Waals surface area (Å²) in [4.78, 5) is 30.8. The van der Waals surface area contributed by atoms with Gasteiger partial charge in [-0.15, -0.1) is 0 Å². The molecule has 0 aromatic carbocycles. The molecule has 2 saturated heterocycles. The molecule has 1 aromatic rings. The number of ketones is 1. The monoisotopic (exact) mass is 545 g/mol. The zero-order chi connectivity index (χ0) is 29.0. The Morgan fingerprint density at radius 3 is 2.56 bits per heavy atom. The highest BCUT2D eigenvalue weighted by molar-refractivity contribution is 5.88. The lowest BCUT2D eigenvalue weighted by atomic mass is 9.71. The third-order valence-electron chi connectivity index (χ3n) is 8.29. The van der Waals surface area contributed by atoms with Crippen LogP contribution >= 0.6 is 0 Å². The van der Waals surface area contributed by atoms with E-state index in [1.807, 2.05) is 33.8 Å². The van der Waals surface area contributed by atoms with E-state index in [0.29, 0.717) is 25.0 Å². The number of nitrogens with zero attached hydrogens (tertiary/aromatic N) is 1. The second kappa shape index (κ2) is 12.8. The molecule has 7 nitrogen and oxygen atoms in total. The third kappa shape index (κ3) is 8.05. The molecule has 7 unspecified atom stereocenters. The highest BCUT2D eigenvalue weighted by Crippen LogP contribution is 2.45. The summed E-state index contributed by atoms with van der Waals surface area (Å²) in [5.74, 6) is -2.70. The number of hydrogen-bond donors (Lipinski definition) is 2. The average molecular weight is 546 g/mol. The summed E-state index contributed by atoms with van der Waals surface area (Å²) >= 11 is 0. The van der Waals surface area contributed by atoms with Crippen molar-refractivity contribution >= 4 is 17.8 Å². The van der Waals surface area contributed by atoms with Gasteiger partial charge in [0.1, 0.15) is 11.6 Å². The number of allylic oxidation sites excluding steroid dienone is 2. The minimum absolute atomic E-state index is 0.124. The zero-order valence-corrected chi connectivity index (χ0v) is 24.0. The number of rotatable bonds is 4. The molecule has 2 N–H and O–H groups in total. The summed E-state index contributed by atoms with van der Waals surface area (Å²) in [6.45, 7) is 10.9. The van der Waals surface area contributed by atoms with Crippen molar-refractivity contribution in [2.45, 2.75) is 110 Å². The van der Waals surface area contributed by atoms with Gasteiger partial charge in [-0.1, -0.05) is 44.9 Å². The molecular weight excluding hydrogens is 501 g/mol. The van der Waals surface area contributed by atoms with E-state index < -0.39 is 53.5 Å². The Morgan fingerprint density at radius 2 is 1.92 bits per heavy atom. The molecule has 39 heavy (non-hydrogen) atoms. The standard InChI is InChI=1S/C31H44FNO6/c1-19(2)12-13-22-28(36)20(3)10-9-14-31(6)26(39-31)17-24(23(32)16-21-11-7-8-15-33-21)38-27(35)18-25(34)30(4,5)29(22)37/h7-8,11-12,15-16,20,22,24-26,28,34,36H,9-10,13-14,17-18H2,1-6H3. The molecule has 0 aliphatic carbocycles. The number of pyridine rings is 1. The summed E-state index contributed by atoms with van der Waals surface area (Å²) in [7, 11) is 0. The fraction of sp³-hybridized carbons (Fsp3) is 0.645. The van der Waals surface area contributed by atoms with Crippen LogP contribution in [0.4, 0.5) is 4.39 Å². The highest BCUT2D eigenvalue weighted by Gasteiger charge is 2.53. The largest absolute Gasteiger partial charge is 0.455 e. The fourth-order valence-corrected chi connectivity index (χ4v) is 5.28. The molecular formula is C31H44FNO6. The molecule has 2 aliphatic rings. The van der Waals surface area contributed by atoms with Crippen molar-refractivity contribution in [3.05, 3.63) is 47.6 Å². The van der Waals surface area contributed by atoms with E-state index in [4.69, 9.17) is 9.47 Å². The smallest absolute Gasteiger partial charge is 0.309 e. The fourth-order valence-electron chi connectivity index (χ4n) is 5.28. The molecule has 0 amide bonds. The molecule has 2 fully saturated rings. The van der Waals surface area contributed by atoms with Gasteiger partial charge in [0.2, 0.25) is 0 Å². The Hall–Kier alpha value is -2.42. The molecule has 2 aliphatic heterocycles. The van der Waals surface area contributed by atoms with Crippen LogP contribution in [0.25, 0.3) is 6.08 Å². The van der Waals surface area contributed by atoms with Gasteiger partial charge in [0.25, 0.3) is 0 Å². The number of fused-ring (bicyclic) bond motifs is 1. The lowest BCUT2D eigenvalue weighted by molar-refractivity contribution is -0.155. The molecule has 0 radical (unpaired) electrons. The van der Waals surface area contributed by atoms with Crippen molar-refractivity contribution in [2.75, 3.05) is 0 Å². The van der Waals surface area contributed by atoms with Gasteiger partial charge in [-0.05, 0) is 64.2 Å². The number of esters is 1. The Morgan fingerprint density at radius 1 is 1.21 bits per heavy atom. The average Bonchev–Trinajstić information content (AvgIpc) is 3.51. The lowest BCUT2D eigenvalue weighted by Crippen LogP contribution is -2.46. The van der Waals surface area contributed by atoms with Crippen LogP contribution in [0, 0.1) is 17.3 Å². The van der Waals surface area contributed by atoms with E-state index >= 15 is 4.39 Å². The van der Waals surface area contributed by atoms with E-state index in [2.05, 4.69) is 4.98 Å². The number of carbonyl (C=O) groups is 2. The topological polar surface area (TPSA) is 109 Å². The number of halogens is 1. The van der Waals surface area contributed by atoms with Crippen molar-refractivity contribution in [1.82, 2.24) is 4.98 Å². The van der Waals surface area contributed by atoms with Crippen LogP contribution < -0.4 is 0 Å². The Balaban J connectivity index is 1.90. The first-order chi connectivity index (χ1) is 18.2. The first kappa shape index (κ1) is 31.1. The van der Waals surface area contributed by atoms with Crippen LogP contribution in [0.5, 0.6) is 0 Å². The van der Waals surface area contributed by atoms with Crippen molar-refractivity contribution in [1.29, 1.82) is 0 Å². The van der Waals surface area contributed by atoms with E-state index in [1.54, 1.807) is 38.2 Å². The number of aromatic nitrogens is 1. The number of Topliss-reactive ketones (excluding diaryl/α,β-unsaturated/α-hetero) is 1. The number of epoxide rings is 1. The van der Waals surface area contributed by atoms with Gasteiger partial charge in [-0.2, -0.15) is 0 Å². The van der Waals surface area contributed by atoms with Crippen molar-refractivity contribution in [3.63, 3.8) is 0 Å². The quantitative estimate of drug-likeness (QED) is 0.298. The normalized spacial score (nSPS) is 34.5. The first-order valence-electron chi connectivity index (χ1n) is 13.9. The third-order valence-corrected chi connectivity index (χ3v) is 8.29. The summed E-state index contributed by atoms with van der Waals surface area (Å²) in [5.41, 5.74) is -0.420. The van der Waals surface area contributed by atoms with Gasteiger partial charge in [-0.3, -0.25) is 14.6 Å². The molecule has 7 atom stereocenters. The number of cyclic esters (lactones) is 1. The van der Waals surface area contributed by atoms with Gasteiger partial charge in [0, 0.05) is 18.5 Å². The maximum Gasteiger partial charge on any atom is 0.309 e. The predicted octanol–water partition coefficient (Wildman–Crippen LogP) is 5.35. The molecule has 0 saturated carbocycles. The first-order valence-corrected chi connectivity index (χ1v) is 13.9. The number of ether oxygens (including phenoxy) is 2. The van der Waals surface area contributed by atoms with Gasteiger partial charge in [0.15, 0.2) is 6.10 Å². The van der Waals surface area contributed by atoms with Crippen LogP contribution in [-0.4, -0.2) is 57.0 Å². The predicted molar refractivity (Wildman–Crippen MR) is 147 cm³/mol. The lowest BCUT2D eigenvalue weighted by Gasteiger charge is -2.35. The van der Waals surface area contributed by atoms with Crippen LogP contribution in [0.2, 0.25) is 0 Å². The van der Waals surface area contributed by atoms with Crippen LogP contribution in [-0.2, 0) is 19.1 Å². The Labute approximate surface area is 231 Å².